The van der Waals surface area contributed by atoms with Crippen LogP contribution in [-0.2, 0) is 34.0 Å². The zero-order chi connectivity index (χ0) is 34.9. The third-order valence-electron chi connectivity index (χ3n) is 9.64. The maximum absolute atomic E-state index is 13.4. The second kappa shape index (κ2) is 14.0. The van der Waals surface area contributed by atoms with Crippen molar-refractivity contribution < 1.29 is 37.4 Å². The van der Waals surface area contributed by atoms with Crippen LogP contribution in [0.1, 0.15) is 47.1 Å². The predicted molar refractivity (Wildman–Crippen MR) is 184 cm³/mol. The van der Waals surface area contributed by atoms with Gasteiger partial charge in [-0.2, -0.15) is 8.78 Å². The minimum absolute atomic E-state index is 0.120. The first-order chi connectivity index (χ1) is 24.1. The average Bonchev–Trinajstić information content (AvgIpc) is 3.86. The highest BCUT2D eigenvalue weighted by atomic mass is 19.3. The first-order valence-electron chi connectivity index (χ1n) is 16.7. The van der Waals surface area contributed by atoms with E-state index in [4.69, 9.17) is 24.0 Å². The van der Waals surface area contributed by atoms with Crippen molar-refractivity contribution in [2.75, 3.05) is 13.1 Å². The fraction of sp³-hybridized carbons (Fsp3) is 0.308. The van der Waals surface area contributed by atoms with E-state index in [0.717, 1.165) is 65.0 Å². The molecule has 9 nitrogen and oxygen atoms in total. The highest BCUT2D eigenvalue weighted by Crippen LogP contribution is 2.39. The molecule has 7 rings (SSSR count). The number of halogens is 2. The van der Waals surface area contributed by atoms with E-state index in [1.165, 1.54) is 17.2 Å². The summed E-state index contributed by atoms with van der Waals surface area (Å²) in [5, 5.41) is 12.2. The molecule has 0 radical (unpaired) electrons. The Kier molecular flexibility index (Phi) is 9.35. The molecule has 2 aliphatic rings. The Morgan fingerprint density at radius 2 is 1.70 bits per heavy atom. The fourth-order valence-corrected chi connectivity index (χ4v) is 7.01. The molecular formula is C39H37F2N3O6. The van der Waals surface area contributed by atoms with Crippen molar-refractivity contribution in [1.82, 2.24) is 15.2 Å². The van der Waals surface area contributed by atoms with Crippen LogP contribution in [0.4, 0.5) is 8.78 Å². The molecule has 0 bridgehead atoms. The molecule has 2 aliphatic heterocycles. The van der Waals surface area contributed by atoms with E-state index in [0.29, 0.717) is 24.4 Å². The van der Waals surface area contributed by atoms with Crippen LogP contribution in [0, 0.1) is 13.8 Å². The third kappa shape index (κ3) is 6.83. The van der Waals surface area contributed by atoms with Crippen molar-refractivity contribution in [1.29, 1.82) is 0 Å². The second-order valence-corrected chi connectivity index (χ2v) is 12.9. The smallest absolute Gasteiger partial charge is 0.387 e. The first-order valence-corrected chi connectivity index (χ1v) is 16.7. The lowest BCUT2D eigenvalue weighted by molar-refractivity contribution is -0.147. The van der Waals surface area contributed by atoms with Gasteiger partial charge in [0.05, 0.1) is 6.42 Å². The van der Waals surface area contributed by atoms with Crippen molar-refractivity contribution in [3.63, 3.8) is 0 Å². The standard InChI is InChI=1S/C39H37F2N3O6/c1-22-28(24-11-12-25-19-44(15-13-36(45)46)20-26(25)16-24)6-3-7-29(22)30-8-4-9-31(23(30)2)37-43-33-17-27(21-48-38(47)32-10-5-14-42-32)34(50-39(40)41)18-35(33)49-37/h3-4,6-9,11-12,16-18,32,39,42H,5,10,13-15,19-21H2,1-2H3,(H,45,46)/t32-/m0/s1. The fourth-order valence-electron chi connectivity index (χ4n) is 7.01. The molecule has 1 atom stereocenters. The quantitative estimate of drug-likeness (QED) is 0.136. The monoisotopic (exact) mass is 681 g/mol. The highest BCUT2D eigenvalue weighted by molar-refractivity contribution is 5.85. The number of aromatic nitrogens is 1. The molecule has 1 saturated heterocycles. The van der Waals surface area contributed by atoms with Crippen LogP contribution in [0.2, 0.25) is 0 Å². The number of carbonyl (C=O) groups is 2. The normalized spacial score (nSPS) is 15.9. The number of oxazole rings is 1. The van der Waals surface area contributed by atoms with Crippen molar-refractivity contribution in [3.05, 3.63) is 94.5 Å². The Bertz CT molecular complexity index is 2090. The number of fused-ring (bicyclic) bond motifs is 2. The maximum Gasteiger partial charge on any atom is 0.387 e. The summed E-state index contributed by atoms with van der Waals surface area (Å²) in [5.74, 6) is -1.04. The zero-order valence-electron chi connectivity index (χ0n) is 27.8. The number of carbonyl (C=O) groups excluding carboxylic acids is 1. The molecule has 1 fully saturated rings. The topological polar surface area (TPSA) is 114 Å². The largest absolute Gasteiger partial charge is 0.481 e. The van der Waals surface area contributed by atoms with E-state index in [1.54, 1.807) is 6.07 Å². The van der Waals surface area contributed by atoms with Gasteiger partial charge in [-0.25, -0.2) is 4.98 Å². The van der Waals surface area contributed by atoms with Gasteiger partial charge < -0.3 is 24.3 Å². The number of alkyl halides is 2. The number of hydrogen-bond acceptors (Lipinski definition) is 8. The summed E-state index contributed by atoms with van der Waals surface area (Å²) < 4.78 is 43.1. The lowest BCUT2D eigenvalue weighted by atomic mass is 9.89. The van der Waals surface area contributed by atoms with Gasteiger partial charge in [-0.15, -0.1) is 0 Å². The van der Waals surface area contributed by atoms with E-state index >= 15 is 0 Å². The summed E-state index contributed by atoms with van der Waals surface area (Å²) in [6.07, 6.45) is 1.65. The molecule has 0 aliphatic carbocycles. The van der Waals surface area contributed by atoms with Gasteiger partial charge in [0, 0.05) is 36.8 Å². The van der Waals surface area contributed by atoms with E-state index in [-0.39, 0.29) is 29.9 Å². The number of carboxylic acid groups (broad SMARTS) is 1. The maximum atomic E-state index is 13.4. The number of nitrogens with one attached hydrogen (secondary N) is 1. The van der Waals surface area contributed by atoms with Crippen LogP contribution >= 0.6 is 0 Å². The molecule has 0 unspecified atom stereocenters. The van der Waals surface area contributed by atoms with Crippen LogP contribution in [0.25, 0.3) is 44.8 Å². The second-order valence-electron chi connectivity index (χ2n) is 12.9. The number of carboxylic acids is 1. The molecule has 1 aromatic heterocycles. The number of aliphatic carboxylic acids is 1. The molecular weight excluding hydrogens is 644 g/mol. The summed E-state index contributed by atoms with van der Waals surface area (Å²) in [6.45, 7) is 3.50. The van der Waals surface area contributed by atoms with E-state index < -0.39 is 24.6 Å². The van der Waals surface area contributed by atoms with Gasteiger partial charge in [-0.3, -0.25) is 14.5 Å². The highest BCUT2D eigenvalue weighted by Gasteiger charge is 2.25. The van der Waals surface area contributed by atoms with Crippen LogP contribution in [0.5, 0.6) is 5.75 Å². The molecule has 4 aromatic carbocycles. The average molecular weight is 682 g/mol. The number of hydrogen-bond donors (Lipinski definition) is 2. The summed E-state index contributed by atoms with van der Waals surface area (Å²) in [6, 6.07) is 21.1. The Morgan fingerprint density at radius 3 is 2.42 bits per heavy atom. The number of esters is 1. The number of benzene rings is 4. The van der Waals surface area contributed by atoms with Crippen LogP contribution in [0.3, 0.4) is 0 Å². The molecule has 11 heteroatoms. The minimum Gasteiger partial charge on any atom is -0.481 e. The minimum atomic E-state index is -3.07. The van der Waals surface area contributed by atoms with Crippen molar-refractivity contribution in [3.8, 4) is 39.5 Å². The molecule has 0 spiro atoms. The third-order valence-corrected chi connectivity index (χ3v) is 9.64. The molecule has 0 amide bonds. The van der Waals surface area contributed by atoms with Crippen LogP contribution < -0.4 is 10.1 Å². The van der Waals surface area contributed by atoms with Gasteiger partial charge in [0.15, 0.2) is 5.58 Å². The van der Waals surface area contributed by atoms with Gasteiger partial charge >= 0.3 is 18.6 Å². The summed E-state index contributed by atoms with van der Waals surface area (Å²) in [4.78, 5) is 30.4. The summed E-state index contributed by atoms with van der Waals surface area (Å²) in [7, 11) is 0. The molecule has 5 aromatic rings. The molecule has 50 heavy (non-hydrogen) atoms. The Morgan fingerprint density at radius 1 is 0.980 bits per heavy atom. The number of ether oxygens (including phenoxy) is 2. The van der Waals surface area contributed by atoms with Crippen LogP contribution in [-0.4, -0.2) is 52.7 Å². The SMILES string of the molecule is Cc1c(-c2ccc3c(c2)CN(CCC(=O)O)C3)cccc1-c1cccc(-c2nc3cc(COC(=O)[C@@H]4CCCN4)c(OC(F)F)cc3o2)c1C. The zero-order valence-corrected chi connectivity index (χ0v) is 27.8. The van der Waals surface area contributed by atoms with Gasteiger partial charge in [0.25, 0.3) is 0 Å². The number of nitrogens with zero attached hydrogens (tertiary/aromatic N) is 2. The lowest BCUT2D eigenvalue weighted by Gasteiger charge is -2.16. The molecule has 258 valence electrons. The van der Waals surface area contributed by atoms with Gasteiger partial charge in [0.1, 0.15) is 23.9 Å². The first kappa shape index (κ1) is 33.4. The van der Waals surface area contributed by atoms with E-state index in [2.05, 4.69) is 53.5 Å². The van der Waals surface area contributed by atoms with Gasteiger partial charge in [-0.05, 0) is 95.9 Å². The van der Waals surface area contributed by atoms with E-state index in [9.17, 15) is 18.4 Å². The molecule has 2 N–H and O–H groups in total. The molecule has 3 heterocycles. The number of rotatable bonds is 11. The van der Waals surface area contributed by atoms with Crippen LogP contribution in [0.15, 0.2) is 71.1 Å². The lowest BCUT2D eigenvalue weighted by Crippen LogP contribution is -2.32. The van der Waals surface area contributed by atoms with E-state index in [1.807, 2.05) is 25.1 Å². The Balaban J connectivity index is 1.17. The Labute approximate surface area is 287 Å². The van der Waals surface area contributed by atoms with Gasteiger partial charge in [-0.1, -0.05) is 42.5 Å². The molecule has 0 saturated carbocycles. The van der Waals surface area contributed by atoms with Crippen molar-refractivity contribution >= 4 is 23.0 Å². The predicted octanol–water partition coefficient (Wildman–Crippen LogP) is 7.63. The van der Waals surface area contributed by atoms with Crippen molar-refractivity contribution in [2.24, 2.45) is 0 Å². The van der Waals surface area contributed by atoms with Crippen molar-refractivity contribution in [2.45, 2.75) is 65.5 Å². The Hall–Kier alpha value is -5.13. The summed E-state index contributed by atoms with van der Waals surface area (Å²) in [5.41, 5.74) is 10.4. The summed E-state index contributed by atoms with van der Waals surface area (Å²) >= 11 is 0. The van der Waals surface area contributed by atoms with Gasteiger partial charge in [0.2, 0.25) is 5.89 Å².